The number of aromatic carboxylic acids is 1. The molecule has 1 aromatic heterocycles. The Balaban J connectivity index is 2.43. The Morgan fingerprint density at radius 1 is 1.38 bits per heavy atom. The lowest BCUT2D eigenvalue weighted by Gasteiger charge is -2.32. The normalized spacial score (nSPS) is 20.3. The molecule has 0 aromatic carbocycles. The van der Waals surface area contributed by atoms with E-state index in [4.69, 9.17) is 10.8 Å². The second kappa shape index (κ2) is 5.49. The molecule has 8 nitrogen and oxygen atoms in total. The van der Waals surface area contributed by atoms with Gasteiger partial charge in [0.25, 0.3) is 0 Å². The average Bonchev–Trinajstić information content (AvgIpc) is 2.81. The van der Waals surface area contributed by atoms with Gasteiger partial charge in [-0.3, -0.25) is 4.79 Å². The summed E-state index contributed by atoms with van der Waals surface area (Å²) in [6, 6.07) is 0.210. The van der Waals surface area contributed by atoms with Gasteiger partial charge in [-0.15, -0.1) is 0 Å². The topological polar surface area (TPSA) is 123 Å². The van der Waals surface area contributed by atoms with Gasteiger partial charge in [-0.05, 0) is 18.9 Å². The molecule has 1 aromatic rings. The lowest BCUT2D eigenvalue weighted by Crippen LogP contribution is -2.50. The smallest absolute Gasteiger partial charge is 0.352 e. The van der Waals surface area contributed by atoms with Crippen LogP contribution in [0.1, 0.15) is 29.8 Å². The number of sulfonamides is 1. The fraction of sp³-hybridized carbons (Fsp3) is 0.500. The molecule has 1 aliphatic rings. The van der Waals surface area contributed by atoms with E-state index in [-0.39, 0.29) is 17.1 Å². The highest BCUT2D eigenvalue weighted by Gasteiger charge is 2.37. The lowest BCUT2D eigenvalue weighted by atomic mass is 10.0. The van der Waals surface area contributed by atoms with E-state index >= 15 is 0 Å². The molecule has 21 heavy (non-hydrogen) atoms. The molecule has 1 atom stereocenters. The summed E-state index contributed by atoms with van der Waals surface area (Å²) < 4.78 is 27.5. The maximum Gasteiger partial charge on any atom is 0.352 e. The maximum absolute atomic E-state index is 12.6. The summed E-state index contributed by atoms with van der Waals surface area (Å²) in [7, 11) is -2.49. The van der Waals surface area contributed by atoms with Crippen LogP contribution in [-0.4, -0.2) is 46.9 Å². The molecule has 1 aliphatic heterocycles. The highest BCUT2D eigenvalue weighted by Crippen LogP contribution is 2.26. The first-order valence-corrected chi connectivity index (χ1v) is 7.90. The molecule has 1 fully saturated rings. The van der Waals surface area contributed by atoms with Gasteiger partial charge in [-0.25, -0.2) is 13.2 Å². The van der Waals surface area contributed by atoms with Crippen LogP contribution in [0.25, 0.3) is 0 Å². The van der Waals surface area contributed by atoms with Gasteiger partial charge in [-0.2, -0.15) is 4.31 Å². The van der Waals surface area contributed by atoms with Crippen LogP contribution in [0.4, 0.5) is 0 Å². The molecule has 0 aliphatic carbocycles. The molecule has 1 saturated heterocycles. The predicted octanol–water partition coefficient (Wildman–Crippen LogP) is -0.248. The first kappa shape index (κ1) is 15.5. The molecule has 0 saturated carbocycles. The van der Waals surface area contributed by atoms with Crippen LogP contribution in [0.5, 0.6) is 0 Å². The summed E-state index contributed by atoms with van der Waals surface area (Å²) in [5.74, 6) is -1.91. The minimum Gasteiger partial charge on any atom is -0.477 e. The summed E-state index contributed by atoms with van der Waals surface area (Å²) >= 11 is 0. The van der Waals surface area contributed by atoms with Crippen molar-refractivity contribution in [2.24, 2.45) is 12.8 Å². The van der Waals surface area contributed by atoms with Crippen LogP contribution < -0.4 is 5.73 Å². The predicted molar refractivity (Wildman–Crippen MR) is 73.1 cm³/mol. The number of carbonyl (C=O) groups excluding carboxylic acids is 1. The average molecular weight is 315 g/mol. The highest BCUT2D eigenvalue weighted by molar-refractivity contribution is 7.89. The SMILES string of the molecule is Cn1cc(S(=O)(=O)N2CCCCC2C(N)=O)cc1C(=O)O. The van der Waals surface area contributed by atoms with Crippen molar-refractivity contribution in [2.75, 3.05) is 6.54 Å². The number of amides is 1. The number of primary amides is 1. The van der Waals surface area contributed by atoms with E-state index in [2.05, 4.69) is 0 Å². The molecule has 9 heteroatoms. The van der Waals surface area contributed by atoms with Gasteiger partial charge in [0.15, 0.2) is 0 Å². The molecule has 116 valence electrons. The van der Waals surface area contributed by atoms with Gasteiger partial charge in [0.05, 0.1) is 0 Å². The van der Waals surface area contributed by atoms with Crippen LogP contribution >= 0.6 is 0 Å². The maximum atomic E-state index is 12.6. The van der Waals surface area contributed by atoms with Gasteiger partial charge in [-0.1, -0.05) is 6.42 Å². The number of hydrogen-bond donors (Lipinski definition) is 2. The molecular weight excluding hydrogens is 298 g/mol. The van der Waals surface area contributed by atoms with Gasteiger partial charge < -0.3 is 15.4 Å². The van der Waals surface area contributed by atoms with Crippen LogP contribution in [0, 0.1) is 0 Å². The van der Waals surface area contributed by atoms with Crippen molar-refractivity contribution in [1.82, 2.24) is 8.87 Å². The summed E-state index contributed by atoms with van der Waals surface area (Å²) in [4.78, 5) is 22.3. The molecule has 1 unspecified atom stereocenters. The lowest BCUT2D eigenvalue weighted by molar-refractivity contribution is -0.122. The number of nitrogens with two attached hydrogens (primary N) is 1. The number of aryl methyl sites for hydroxylation is 1. The van der Waals surface area contributed by atoms with Crippen LogP contribution in [-0.2, 0) is 21.9 Å². The number of aromatic nitrogens is 1. The molecule has 0 radical (unpaired) electrons. The van der Waals surface area contributed by atoms with E-state index in [1.165, 1.54) is 17.8 Å². The Kier molecular flexibility index (Phi) is 4.06. The van der Waals surface area contributed by atoms with E-state index in [1.54, 1.807) is 0 Å². The fourth-order valence-electron chi connectivity index (χ4n) is 2.50. The Bertz CT molecular complexity index is 679. The Labute approximate surface area is 122 Å². The molecule has 0 bridgehead atoms. The quantitative estimate of drug-likeness (QED) is 0.793. The molecule has 1 amide bonds. The van der Waals surface area contributed by atoms with Crippen molar-refractivity contribution in [2.45, 2.75) is 30.2 Å². The Morgan fingerprint density at radius 3 is 2.57 bits per heavy atom. The second-order valence-electron chi connectivity index (χ2n) is 5.01. The standard InChI is InChI=1S/C12H17N3O5S/c1-14-7-8(6-10(14)12(17)18)21(19,20)15-5-3-2-4-9(15)11(13)16/h6-7,9H,2-5H2,1H3,(H2,13,16)(H,17,18). The van der Waals surface area contributed by atoms with Crippen molar-refractivity contribution in [3.8, 4) is 0 Å². The van der Waals surface area contributed by atoms with Gasteiger partial charge >= 0.3 is 5.97 Å². The van der Waals surface area contributed by atoms with Crippen LogP contribution in [0.15, 0.2) is 17.2 Å². The number of rotatable bonds is 4. The van der Waals surface area contributed by atoms with Gasteiger partial charge in [0.1, 0.15) is 16.6 Å². The van der Waals surface area contributed by atoms with Gasteiger partial charge in [0.2, 0.25) is 15.9 Å². The van der Waals surface area contributed by atoms with Crippen molar-refractivity contribution >= 4 is 21.9 Å². The first-order valence-electron chi connectivity index (χ1n) is 6.46. The van der Waals surface area contributed by atoms with Crippen molar-refractivity contribution in [3.63, 3.8) is 0 Å². The van der Waals surface area contributed by atoms with E-state index in [0.29, 0.717) is 12.8 Å². The zero-order chi connectivity index (χ0) is 15.8. The molecule has 0 spiro atoms. The largest absolute Gasteiger partial charge is 0.477 e. The minimum atomic E-state index is -3.94. The van der Waals surface area contributed by atoms with E-state index in [1.807, 2.05) is 0 Å². The van der Waals surface area contributed by atoms with Crippen molar-refractivity contribution in [1.29, 1.82) is 0 Å². The molecule has 3 N–H and O–H groups in total. The van der Waals surface area contributed by atoms with E-state index < -0.39 is 27.9 Å². The number of carbonyl (C=O) groups is 2. The van der Waals surface area contributed by atoms with Crippen molar-refractivity contribution < 1.29 is 23.1 Å². The minimum absolute atomic E-state index is 0.138. The summed E-state index contributed by atoms with van der Waals surface area (Å²) in [5.41, 5.74) is 5.13. The van der Waals surface area contributed by atoms with Crippen molar-refractivity contribution in [3.05, 3.63) is 18.0 Å². The number of hydrogen-bond acceptors (Lipinski definition) is 4. The Morgan fingerprint density at radius 2 is 2.05 bits per heavy atom. The number of piperidine rings is 1. The monoisotopic (exact) mass is 315 g/mol. The zero-order valence-electron chi connectivity index (χ0n) is 11.5. The van der Waals surface area contributed by atoms with Gasteiger partial charge in [0, 0.05) is 19.8 Å². The van der Waals surface area contributed by atoms with Crippen LogP contribution in [0.3, 0.4) is 0 Å². The number of nitrogens with zero attached hydrogens (tertiary/aromatic N) is 2. The summed E-state index contributed by atoms with van der Waals surface area (Å²) in [6.07, 6.45) is 2.98. The molecule has 2 rings (SSSR count). The number of carboxylic acids is 1. The summed E-state index contributed by atoms with van der Waals surface area (Å²) in [6.45, 7) is 0.202. The highest BCUT2D eigenvalue weighted by atomic mass is 32.2. The van der Waals surface area contributed by atoms with E-state index in [0.717, 1.165) is 16.8 Å². The third-order valence-electron chi connectivity index (χ3n) is 3.59. The molecule has 2 heterocycles. The fourth-order valence-corrected chi connectivity index (χ4v) is 4.24. The Hall–Kier alpha value is -1.87. The first-order chi connectivity index (χ1) is 9.75. The molecular formula is C12H17N3O5S. The zero-order valence-corrected chi connectivity index (χ0v) is 12.3. The van der Waals surface area contributed by atoms with E-state index in [9.17, 15) is 18.0 Å². The third kappa shape index (κ3) is 2.79. The van der Waals surface area contributed by atoms with Crippen LogP contribution in [0.2, 0.25) is 0 Å². The third-order valence-corrected chi connectivity index (χ3v) is 5.46. The number of carboxylic acid groups (broad SMARTS) is 1. The second-order valence-corrected chi connectivity index (χ2v) is 6.90. The summed E-state index contributed by atoms with van der Waals surface area (Å²) in [5, 5.41) is 8.99.